The molecule has 0 heterocycles. The van der Waals surface area contributed by atoms with Crippen molar-refractivity contribution in [3.05, 3.63) is 12.2 Å². The van der Waals surface area contributed by atoms with Gasteiger partial charge >= 0.3 is 0 Å². The van der Waals surface area contributed by atoms with Gasteiger partial charge in [-0.25, -0.2) is 0 Å². The van der Waals surface area contributed by atoms with Gasteiger partial charge in [-0.05, 0) is 12.5 Å². The molecule has 0 saturated heterocycles. The van der Waals surface area contributed by atoms with Crippen LogP contribution in [0.5, 0.6) is 0 Å². The zero-order chi connectivity index (χ0) is 7.11. The Bertz CT molecular complexity index is 74.6. The van der Waals surface area contributed by atoms with Crippen molar-refractivity contribution in [1.29, 1.82) is 0 Å². The molecule has 0 aliphatic rings. The molecule has 0 unspecified atom stereocenters. The van der Waals surface area contributed by atoms with Crippen LogP contribution in [0.2, 0.25) is 0 Å². The van der Waals surface area contributed by atoms with Crippen molar-refractivity contribution in [3.8, 4) is 0 Å². The minimum atomic E-state index is 0.684. The number of nitrogens with one attached hydrogen (secondary N) is 1. The van der Waals surface area contributed by atoms with E-state index in [1.807, 2.05) is 0 Å². The lowest BCUT2D eigenvalue weighted by atomic mass is 10.2. The van der Waals surface area contributed by atoms with E-state index in [4.69, 9.17) is 0 Å². The highest BCUT2D eigenvalue weighted by Gasteiger charge is 1.80. The van der Waals surface area contributed by atoms with Crippen LogP contribution in [-0.2, 0) is 0 Å². The van der Waals surface area contributed by atoms with E-state index in [1.165, 1.54) is 0 Å². The number of allylic oxidation sites excluding steroid dienone is 1. The van der Waals surface area contributed by atoms with E-state index in [0.717, 1.165) is 13.1 Å². The van der Waals surface area contributed by atoms with Crippen molar-refractivity contribution < 1.29 is 0 Å². The van der Waals surface area contributed by atoms with Gasteiger partial charge < -0.3 is 5.32 Å². The molecule has 0 amide bonds. The van der Waals surface area contributed by atoms with Crippen LogP contribution in [0.15, 0.2) is 12.2 Å². The molecule has 0 radical (unpaired) electrons. The number of rotatable bonds is 4. The molecule has 1 N–H and O–H groups in total. The molecule has 0 aromatic carbocycles. The van der Waals surface area contributed by atoms with Gasteiger partial charge in [-0.3, -0.25) is 0 Å². The molecule has 0 aromatic heterocycles. The molecule has 0 aromatic rings. The second-order valence-corrected chi connectivity index (χ2v) is 2.48. The Morgan fingerprint density at radius 1 is 1.44 bits per heavy atom. The zero-order valence-corrected chi connectivity index (χ0v) is 6.65. The first kappa shape index (κ1) is 8.70. The summed E-state index contributed by atoms with van der Waals surface area (Å²) in [5, 5.41) is 3.22. The third kappa shape index (κ3) is 7.70. The molecular weight excluding hydrogens is 110 g/mol. The second kappa shape index (κ2) is 5.83. The van der Waals surface area contributed by atoms with Crippen molar-refractivity contribution in [3.63, 3.8) is 0 Å². The Morgan fingerprint density at radius 3 is 2.56 bits per heavy atom. The van der Waals surface area contributed by atoms with Crippen LogP contribution < -0.4 is 5.32 Å². The lowest BCUT2D eigenvalue weighted by molar-refractivity contribution is 0.780. The fourth-order valence-corrected chi connectivity index (χ4v) is 0.568. The van der Waals surface area contributed by atoms with E-state index in [0.29, 0.717) is 5.92 Å². The minimum absolute atomic E-state index is 0.684. The van der Waals surface area contributed by atoms with E-state index >= 15 is 0 Å². The molecule has 0 fully saturated rings. The fourth-order valence-electron chi connectivity index (χ4n) is 0.568. The van der Waals surface area contributed by atoms with Crippen LogP contribution in [0.25, 0.3) is 0 Å². The molecule has 0 spiro atoms. The smallest absolute Gasteiger partial charge is 0.0134 e. The molecule has 54 valence electrons. The summed E-state index contributed by atoms with van der Waals surface area (Å²) in [6.45, 7) is 8.55. The van der Waals surface area contributed by atoms with Gasteiger partial charge in [0.15, 0.2) is 0 Å². The highest BCUT2D eigenvalue weighted by Crippen LogP contribution is 1.91. The summed E-state index contributed by atoms with van der Waals surface area (Å²) in [5.41, 5.74) is 0. The van der Waals surface area contributed by atoms with Gasteiger partial charge in [-0.15, -0.1) is 0 Å². The number of hydrogen-bond donors (Lipinski definition) is 1. The van der Waals surface area contributed by atoms with Crippen LogP contribution in [0.3, 0.4) is 0 Å². The van der Waals surface area contributed by atoms with Crippen LogP contribution in [0.4, 0.5) is 0 Å². The molecule has 0 aliphatic heterocycles. The predicted molar refractivity (Wildman–Crippen MR) is 42.5 cm³/mol. The summed E-state index contributed by atoms with van der Waals surface area (Å²) in [6, 6.07) is 0. The van der Waals surface area contributed by atoms with Gasteiger partial charge in [0, 0.05) is 6.54 Å². The number of hydrogen-bond acceptors (Lipinski definition) is 1. The first-order valence-electron chi connectivity index (χ1n) is 3.64. The maximum atomic E-state index is 3.22. The minimum Gasteiger partial charge on any atom is -0.314 e. The third-order valence-corrected chi connectivity index (χ3v) is 1.03. The summed E-state index contributed by atoms with van der Waals surface area (Å²) in [5.74, 6) is 0.684. The molecule has 9 heavy (non-hydrogen) atoms. The first-order chi connectivity index (χ1) is 4.27. The normalized spacial score (nSPS) is 11.6. The third-order valence-electron chi connectivity index (χ3n) is 1.03. The Labute approximate surface area is 58.2 Å². The van der Waals surface area contributed by atoms with E-state index in [-0.39, 0.29) is 0 Å². The van der Waals surface area contributed by atoms with Gasteiger partial charge in [-0.2, -0.15) is 0 Å². The summed E-state index contributed by atoms with van der Waals surface area (Å²) >= 11 is 0. The maximum Gasteiger partial charge on any atom is 0.0134 e. The average Bonchev–Trinajstić information content (AvgIpc) is 1.80. The highest BCUT2D eigenvalue weighted by atomic mass is 14.8. The summed E-state index contributed by atoms with van der Waals surface area (Å²) < 4.78 is 0. The second-order valence-electron chi connectivity index (χ2n) is 2.48. The molecule has 0 saturated carbocycles. The van der Waals surface area contributed by atoms with Gasteiger partial charge in [0.05, 0.1) is 0 Å². The van der Waals surface area contributed by atoms with Crippen LogP contribution in [0, 0.1) is 5.92 Å². The standard InChI is InChI=1S/C8H17N/c1-4-9-7-5-6-8(2)3/h5-6,8-9H,4,7H2,1-3H3/b6-5+. The zero-order valence-electron chi connectivity index (χ0n) is 6.65. The Morgan fingerprint density at radius 2 is 2.11 bits per heavy atom. The van der Waals surface area contributed by atoms with Gasteiger partial charge in [0.2, 0.25) is 0 Å². The monoisotopic (exact) mass is 127 g/mol. The van der Waals surface area contributed by atoms with Crippen LogP contribution >= 0.6 is 0 Å². The summed E-state index contributed by atoms with van der Waals surface area (Å²) in [4.78, 5) is 0. The predicted octanol–water partition coefficient (Wildman–Crippen LogP) is 1.81. The van der Waals surface area contributed by atoms with Crippen molar-refractivity contribution in [2.24, 2.45) is 5.92 Å². The lowest BCUT2D eigenvalue weighted by Gasteiger charge is -1.94. The van der Waals surface area contributed by atoms with Crippen LogP contribution in [-0.4, -0.2) is 13.1 Å². The maximum absolute atomic E-state index is 3.22. The molecule has 0 atom stereocenters. The SMILES string of the molecule is CCNC/C=C/C(C)C. The summed E-state index contributed by atoms with van der Waals surface area (Å²) in [7, 11) is 0. The van der Waals surface area contributed by atoms with E-state index in [9.17, 15) is 0 Å². The van der Waals surface area contributed by atoms with E-state index in [2.05, 4.69) is 38.2 Å². The fraction of sp³-hybridized carbons (Fsp3) is 0.750. The van der Waals surface area contributed by atoms with Crippen molar-refractivity contribution in [1.82, 2.24) is 5.32 Å². The Balaban J connectivity index is 3.04. The first-order valence-corrected chi connectivity index (χ1v) is 3.64. The van der Waals surface area contributed by atoms with Crippen molar-refractivity contribution >= 4 is 0 Å². The van der Waals surface area contributed by atoms with Gasteiger partial charge in [0.1, 0.15) is 0 Å². The molecule has 0 bridgehead atoms. The molecule has 1 nitrogen and oxygen atoms in total. The van der Waals surface area contributed by atoms with E-state index in [1.54, 1.807) is 0 Å². The van der Waals surface area contributed by atoms with E-state index < -0.39 is 0 Å². The molecule has 1 heteroatoms. The molecule has 0 aliphatic carbocycles. The topological polar surface area (TPSA) is 12.0 Å². The molecular formula is C8H17N. The molecule has 0 rings (SSSR count). The average molecular weight is 127 g/mol. The quantitative estimate of drug-likeness (QED) is 0.448. The lowest BCUT2D eigenvalue weighted by Crippen LogP contribution is -2.11. The van der Waals surface area contributed by atoms with Crippen molar-refractivity contribution in [2.75, 3.05) is 13.1 Å². The van der Waals surface area contributed by atoms with Crippen molar-refractivity contribution in [2.45, 2.75) is 20.8 Å². The Hall–Kier alpha value is -0.300. The van der Waals surface area contributed by atoms with Gasteiger partial charge in [-0.1, -0.05) is 32.9 Å². The van der Waals surface area contributed by atoms with Crippen LogP contribution in [0.1, 0.15) is 20.8 Å². The van der Waals surface area contributed by atoms with Gasteiger partial charge in [0.25, 0.3) is 0 Å². The summed E-state index contributed by atoms with van der Waals surface area (Å²) in [6.07, 6.45) is 4.39. The Kier molecular flexibility index (Phi) is 5.64. The number of likely N-dealkylation sites (N-methyl/N-ethyl adjacent to an activating group) is 1. The highest BCUT2D eigenvalue weighted by molar-refractivity contribution is 4.85. The largest absolute Gasteiger partial charge is 0.314 e.